The molecule has 25 heavy (non-hydrogen) atoms. The van der Waals surface area contributed by atoms with E-state index in [9.17, 15) is 14.4 Å². The number of ether oxygens (including phenoxy) is 3. The molecule has 0 amide bonds. The zero-order valence-electron chi connectivity index (χ0n) is 13.7. The average molecular weight is 344 g/mol. The van der Waals surface area contributed by atoms with E-state index in [1.165, 1.54) is 32.4 Å². The number of benzene rings is 1. The average Bonchev–Trinajstić information content (AvgIpc) is 3.12. The van der Waals surface area contributed by atoms with Crippen LogP contribution in [0.3, 0.4) is 0 Å². The van der Waals surface area contributed by atoms with Crippen molar-refractivity contribution >= 4 is 24.0 Å². The zero-order valence-corrected chi connectivity index (χ0v) is 13.7. The Labute approximate surface area is 143 Å². The van der Waals surface area contributed by atoms with Crippen LogP contribution in [-0.2, 0) is 25.6 Å². The molecule has 0 aliphatic heterocycles. The molecule has 7 nitrogen and oxygen atoms in total. The number of hydrogen-bond donors (Lipinski definition) is 0. The molecule has 0 aliphatic rings. The van der Waals surface area contributed by atoms with Gasteiger partial charge in [-0.3, -0.25) is 0 Å². The van der Waals surface area contributed by atoms with Gasteiger partial charge in [0.1, 0.15) is 12.4 Å². The third kappa shape index (κ3) is 5.07. The van der Waals surface area contributed by atoms with Crippen LogP contribution in [0.5, 0.6) is 0 Å². The van der Waals surface area contributed by atoms with Gasteiger partial charge in [-0.15, -0.1) is 0 Å². The van der Waals surface area contributed by atoms with Gasteiger partial charge in [-0.25, -0.2) is 14.4 Å². The lowest BCUT2D eigenvalue weighted by Crippen LogP contribution is -2.01. The van der Waals surface area contributed by atoms with Gasteiger partial charge in [0.2, 0.25) is 5.76 Å². The summed E-state index contributed by atoms with van der Waals surface area (Å²) < 4.78 is 19.3. The minimum atomic E-state index is -0.604. The minimum Gasteiger partial charge on any atom is -0.465 e. The molecule has 1 aromatic carbocycles. The van der Waals surface area contributed by atoms with E-state index in [1.807, 2.05) is 0 Å². The van der Waals surface area contributed by atoms with E-state index in [0.717, 1.165) is 5.56 Å². The van der Waals surface area contributed by atoms with Gasteiger partial charge in [-0.05, 0) is 35.9 Å². The van der Waals surface area contributed by atoms with Crippen LogP contribution in [0.15, 0.2) is 46.9 Å². The van der Waals surface area contributed by atoms with E-state index >= 15 is 0 Å². The summed E-state index contributed by atoms with van der Waals surface area (Å²) in [6.07, 6.45) is 2.79. The molecule has 2 aromatic rings. The van der Waals surface area contributed by atoms with Gasteiger partial charge in [0.25, 0.3) is 0 Å². The first kappa shape index (κ1) is 18.0. The van der Waals surface area contributed by atoms with Crippen molar-refractivity contribution in [3.8, 4) is 0 Å². The number of furan rings is 1. The highest BCUT2D eigenvalue weighted by molar-refractivity contribution is 5.90. The molecule has 0 fully saturated rings. The molecule has 0 N–H and O–H groups in total. The molecule has 1 aromatic heterocycles. The van der Waals surface area contributed by atoms with Crippen LogP contribution in [0, 0.1) is 0 Å². The quantitative estimate of drug-likeness (QED) is 0.452. The topological polar surface area (TPSA) is 92.0 Å². The molecule has 0 radical (unpaired) electrons. The van der Waals surface area contributed by atoms with Crippen LogP contribution in [0.2, 0.25) is 0 Å². The standard InChI is InChI=1S/C18H16O7/c1-22-17(20)13-6-3-12(4-7-13)5-10-16(19)24-11-14-8-9-15(25-14)18(21)23-2/h3-10H,11H2,1-2H3/b10-5+. The van der Waals surface area contributed by atoms with Gasteiger partial charge in [0.05, 0.1) is 19.8 Å². The minimum absolute atomic E-state index is 0.0368. The smallest absolute Gasteiger partial charge is 0.373 e. The second-order valence-corrected chi connectivity index (χ2v) is 4.81. The monoisotopic (exact) mass is 344 g/mol. The first-order valence-electron chi connectivity index (χ1n) is 7.23. The van der Waals surface area contributed by atoms with Crippen molar-refractivity contribution in [2.75, 3.05) is 14.2 Å². The number of methoxy groups -OCH3 is 2. The largest absolute Gasteiger partial charge is 0.465 e. The zero-order chi connectivity index (χ0) is 18.2. The Morgan fingerprint density at radius 1 is 0.960 bits per heavy atom. The van der Waals surface area contributed by atoms with Gasteiger partial charge < -0.3 is 18.6 Å². The Morgan fingerprint density at radius 3 is 2.28 bits per heavy atom. The second kappa shape index (κ2) is 8.49. The molecule has 0 atom stereocenters. The highest BCUT2D eigenvalue weighted by Gasteiger charge is 2.11. The number of carbonyl (C=O) groups is 3. The third-order valence-corrected chi connectivity index (χ3v) is 3.15. The molecule has 0 bridgehead atoms. The fourth-order valence-corrected chi connectivity index (χ4v) is 1.87. The second-order valence-electron chi connectivity index (χ2n) is 4.81. The van der Waals surface area contributed by atoms with Crippen LogP contribution < -0.4 is 0 Å². The van der Waals surface area contributed by atoms with Crippen LogP contribution in [0.1, 0.15) is 32.2 Å². The molecule has 0 saturated carbocycles. The summed E-state index contributed by atoms with van der Waals surface area (Å²) in [5.74, 6) is -1.25. The maximum atomic E-state index is 11.7. The first-order valence-corrected chi connectivity index (χ1v) is 7.23. The highest BCUT2D eigenvalue weighted by Crippen LogP contribution is 2.11. The van der Waals surface area contributed by atoms with Gasteiger partial charge in [-0.2, -0.15) is 0 Å². The highest BCUT2D eigenvalue weighted by atomic mass is 16.6. The van der Waals surface area contributed by atoms with E-state index in [-0.39, 0.29) is 12.4 Å². The molecule has 0 aliphatic carbocycles. The molecule has 0 unspecified atom stereocenters. The van der Waals surface area contributed by atoms with Crippen LogP contribution >= 0.6 is 0 Å². The molecule has 0 saturated heterocycles. The summed E-state index contributed by atoms with van der Waals surface area (Å²) in [4.78, 5) is 34.3. The van der Waals surface area contributed by atoms with Crippen molar-refractivity contribution in [1.82, 2.24) is 0 Å². The molecule has 130 valence electrons. The van der Waals surface area contributed by atoms with Gasteiger partial charge in [0.15, 0.2) is 0 Å². The Kier molecular flexibility index (Phi) is 6.11. The van der Waals surface area contributed by atoms with Crippen LogP contribution in [0.25, 0.3) is 6.08 Å². The maximum Gasteiger partial charge on any atom is 0.373 e. The molecule has 1 heterocycles. The number of esters is 3. The Morgan fingerprint density at radius 2 is 1.64 bits per heavy atom. The summed E-state index contributed by atoms with van der Waals surface area (Å²) in [6, 6.07) is 9.49. The Balaban J connectivity index is 1.87. The molecular weight excluding hydrogens is 328 g/mol. The van der Waals surface area contributed by atoms with Crippen molar-refractivity contribution in [3.63, 3.8) is 0 Å². The van der Waals surface area contributed by atoms with E-state index in [0.29, 0.717) is 11.3 Å². The van der Waals surface area contributed by atoms with E-state index in [2.05, 4.69) is 9.47 Å². The van der Waals surface area contributed by atoms with Crippen LogP contribution in [-0.4, -0.2) is 32.1 Å². The summed E-state index contributed by atoms with van der Waals surface area (Å²) in [5, 5.41) is 0. The lowest BCUT2D eigenvalue weighted by molar-refractivity contribution is -0.139. The number of rotatable bonds is 6. The summed E-state index contributed by atoms with van der Waals surface area (Å²) >= 11 is 0. The van der Waals surface area contributed by atoms with Crippen LogP contribution in [0.4, 0.5) is 0 Å². The van der Waals surface area contributed by atoms with E-state index in [4.69, 9.17) is 9.15 Å². The van der Waals surface area contributed by atoms with Crippen molar-refractivity contribution in [2.24, 2.45) is 0 Å². The van der Waals surface area contributed by atoms with Crippen molar-refractivity contribution in [2.45, 2.75) is 6.61 Å². The van der Waals surface area contributed by atoms with Crippen molar-refractivity contribution in [3.05, 3.63) is 65.1 Å². The van der Waals surface area contributed by atoms with Gasteiger partial charge in [-0.1, -0.05) is 12.1 Å². The van der Waals surface area contributed by atoms with Crippen molar-refractivity contribution < 1.29 is 33.0 Å². The van der Waals surface area contributed by atoms with Gasteiger partial charge in [0, 0.05) is 6.08 Å². The van der Waals surface area contributed by atoms with Gasteiger partial charge >= 0.3 is 17.9 Å². The number of hydrogen-bond acceptors (Lipinski definition) is 7. The fourth-order valence-electron chi connectivity index (χ4n) is 1.87. The molecule has 2 rings (SSSR count). The fraction of sp³-hybridized carbons (Fsp3) is 0.167. The Bertz CT molecular complexity index is 784. The molecule has 7 heteroatoms. The summed E-state index contributed by atoms with van der Waals surface area (Å²) in [7, 11) is 2.55. The third-order valence-electron chi connectivity index (χ3n) is 3.15. The predicted octanol–water partition coefficient (Wildman–Crippen LogP) is 2.61. The predicted molar refractivity (Wildman–Crippen MR) is 86.7 cm³/mol. The van der Waals surface area contributed by atoms with E-state index in [1.54, 1.807) is 30.3 Å². The van der Waals surface area contributed by atoms with Crippen molar-refractivity contribution in [1.29, 1.82) is 0 Å². The number of carbonyl (C=O) groups excluding carboxylic acids is 3. The SMILES string of the molecule is COC(=O)c1ccc(/C=C/C(=O)OCc2ccc(C(=O)OC)o2)cc1. The maximum absolute atomic E-state index is 11.7. The Hall–Kier alpha value is -3.35. The molecule has 0 spiro atoms. The normalized spacial score (nSPS) is 10.5. The van der Waals surface area contributed by atoms with E-state index < -0.39 is 17.9 Å². The summed E-state index contributed by atoms with van der Waals surface area (Å²) in [6.45, 7) is -0.110. The molecular formula is C18H16O7. The summed E-state index contributed by atoms with van der Waals surface area (Å²) in [5.41, 5.74) is 1.14. The lowest BCUT2D eigenvalue weighted by atomic mass is 10.1. The first-order chi connectivity index (χ1) is 12.0. The lowest BCUT2D eigenvalue weighted by Gasteiger charge is -2.00.